The van der Waals surface area contributed by atoms with Gasteiger partial charge < -0.3 is 21.7 Å². The zero-order valence-electron chi connectivity index (χ0n) is 13.8. The van der Waals surface area contributed by atoms with Gasteiger partial charge >= 0.3 is 0 Å². The molecular formula is C14H32N6O2. The van der Waals surface area contributed by atoms with Crippen LogP contribution in [0.3, 0.4) is 0 Å². The quantitative estimate of drug-likeness (QED) is 0.107. The Hall–Kier alpha value is -1.22. The van der Waals surface area contributed by atoms with Crippen molar-refractivity contribution in [2.75, 3.05) is 27.2 Å². The smallest absolute Gasteiger partial charge is 0.256 e. The molecule has 8 heteroatoms. The van der Waals surface area contributed by atoms with E-state index < -0.39 is 6.04 Å². The molecule has 2 unspecified atom stereocenters. The van der Waals surface area contributed by atoms with Crippen molar-refractivity contribution in [3.63, 3.8) is 0 Å². The molecule has 0 heterocycles. The van der Waals surface area contributed by atoms with Gasteiger partial charge in [0.05, 0.1) is 6.04 Å². The maximum Gasteiger partial charge on any atom is 0.256 e. The Kier molecular flexibility index (Phi) is 12.7. The van der Waals surface area contributed by atoms with Crippen LogP contribution in [0.15, 0.2) is 0 Å². The van der Waals surface area contributed by atoms with Gasteiger partial charge in [-0.25, -0.2) is 5.84 Å². The molecule has 2 amide bonds. The molecular weight excluding hydrogens is 284 g/mol. The van der Waals surface area contributed by atoms with Gasteiger partial charge in [0, 0.05) is 0 Å². The summed E-state index contributed by atoms with van der Waals surface area (Å²) in [5.74, 6) is 4.62. The molecule has 0 bridgehead atoms. The molecule has 0 aliphatic heterocycles. The molecule has 2 atom stereocenters. The summed E-state index contributed by atoms with van der Waals surface area (Å²) >= 11 is 0. The normalized spacial score (nSPS) is 13.5. The third kappa shape index (κ3) is 8.93. The minimum atomic E-state index is -0.614. The number of rotatable bonds is 13. The first-order chi connectivity index (χ1) is 10.6. The highest BCUT2D eigenvalue weighted by Gasteiger charge is 2.23. The molecule has 0 aliphatic rings. The molecule has 130 valence electrons. The number of hydrogen-bond donors (Lipinski definition) is 6. The predicted octanol–water partition coefficient (Wildman–Crippen LogP) is -1.43. The number of hydrazine groups is 1. The predicted molar refractivity (Wildman–Crippen MR) is 87.8 cm³/mol. The molecule has 8 N–H and O–H groups in total. The second-order valence-corrected chi connectivity index (χ2v) is 5.29. The summed E-state index contributed by atoms with van der Waals surface area (Å²) in [6, 6.07) is -0.920. The number of carbonyl (C=O) groups is 2. The zero-order chi connectivity index (χ0) is 16.8. The summed E-state index contributed by atoms with van der Waals surface area (Å²) in [4.78, 5) is 24.0. The minimum Gasteiger partial charge on any atom is -0.343 e. The molecule has 0 fully saturated rings. The van der Waals surface area contributed by atoms with Gasteiger partial charge in [-0.05, 0) is 59.3 Å². The summed E-state index contributed by atoms with van der Waals surface area (Å²) in [5.41, 5.74) is 7.55. The summed E-state index contributed by atoms with van der Waals surface area (Å²) in [6.45, 7) is 1.49. The molecule has 0 aromatic carbocycles. The van der Waals surface area contributed by atoms with Crippen LogP contribution in [-0.4, -0.2) is 51.1 Å². The fourth-order valence-electron chi connectivity index (χ4n) is 2.19. The third-order valence-electron chi connectivity index (χ3n) is 3.56. The van der Waals surface area contributed by atoms with Gasteiger partial charge in [-0.1, -0.05) is 6.42 Å². The van der Waals surface area contributed by atoms with E-state index in [1.165, 1.54) is 0 Å². The van der Waals surface area contributed by atoms with Crippen molar-refractivity contribution < 1.29 is 9.59 Å². The Morgan fingerprint density at radius 1 is 0.955 bits per heavy atom. The van der Waals surface area contributed by atoms with Crippen molar-refractivity contribution in [2.24, 2.45) is 11.6 Å². The third-order valence-corrected chi connectivity index (χ3v) is 3.56. The largest absolute Gasteiger partial charge is 0.343 e. The first kappa shape index (κ1) is 20.8. The Morgan fingerprint density at radius 2 is 1.59 bits per heavy atom. The first-order valence-corrected chi connectivity index (χ1v) is 7.93. The maximum absolute atomic E-state index is 12.3. The second-order valence-electron chi connectivity index (χ2n) is 5.29. The van der Waals surface area contributed by atoms with Gasteiger partial charge in [-0.15, -0.1) is 0 Å². The molecule has 0 radical (unpaired) electrons. The molecule has 0 spiro atoms. The van der Waals surface area contributed by atoms with Gasteiger partial charge in [0.2, 0.25) is 5.91 Å². The van der Waals surface area contributed by atoms with Crippen LogP contribution in [0, 0.1) is 0 Å². The summed E-state index contributed by atoms with van der Waals surface area (Å²) in [7, 11) is 3.65. The molecule has 0 rings (SSSR count). The topological polar surface area (TPSA) is 134 Å². The molecule has 22 heavy (non-hydrogen) atoms. The average Bonchev–Trinajstić information content (AvgIpc) is 2.53. The van der Waals surface area contributed by atoms with Crippen LogP contribution in [0.25, 0.3) is 0 Å². The molecule has 0 aromatic rings. The number of unbranched alkanes of at least 4 members (excludes halogenated alkanes) is 2. The van der Waals surface area contributed by atoms with Crippen LogP contribution in [0.4, 0.5) is 0 Å². The zero-order valence-corrected chi connectivity index (χ0v) is 13.8. The van der Waals surface area contributed by atoms with Gasteiger partial charge in [-0.3, -0.25) is 15.0 Å². The van der Waals surface area contributed by atoms with Crippen molar-refractivity contribution in [2.45, 2.75) is 50.6 Å². The van der Waals surface area contributed by atoms with Crippen LogP contribution >= 0.6 is 0 Å². The van der Waals surface area contributed by atoms with Gasteiger partial charge in [0.1, 0.15) is 6.04 Å². The molecule has 0 aromatic heterocycles. The minimum absolute atomic E-state index is 0.173. The van der Waals surface area contributed by atoms with Gasteiger partial charge in [-0.2, -0.15) is 0 Å². The van der Waals surface area contributed by atoms with E-state index in [0.29, 0.717) is 13.0 Å². The number of nitrogens with one attached hydrogen (secondary N) is 4. The molecule has 0 saturated heterocycles. The molecule has 0 aliphatic carbocycles. The molecule has 0 saturated carbocycles. The van der Waals surface area contributed by atoms with Crippen molar-refractivity contribution in [3.8, 4) is 0 Å². The Bertz CT molecular complexity index is 314. The van der Waals surface area contributed by atoms with E-state index in [9.17, 15) is 9.59 Å². The highest BCUT2D eigenvalue weighted by atomic mass is 16.2. The SMILES string of the molecule is CNCCCCC(NC)C(=O)NC(CCCCN)C(=O)NN. The Balaban J connectivity index is 4.38. The molecule has 8 nitrogen and oxygen atoms in total. The maximum atomic E-state index is 12.3. The number of nitrogens with two attached hydrogens (primary N) is 2. The number of likely N-dealkylation sites (N-methyl/N-ethyl adjacent to an activating group) is 1. The highest BCUT2D eigenvalue weighted by Crippen LogP contribution is 2.04. The van der Waals surface area contributed by atoms with Crippen molar-refractivity contribution >= 4 is 11.8 Å². The standard InChI is InChI=1S/C14H32N6O2/c1-17-10-6-4-7-11(18-2)13(21)19-12(14(22)20-16)8-3-5-9-15/h11-12,17-18H,3-10,15-16H2,1-2H3,(H,19,21)(H,20,22). The lowest BCUT2D eigenvalue weighted by Crippen LogP contribution is -2.53. The van der Waals surface area contributed by atoms with E-state index >= 15 is 0 Å². The summed E-state index contributed by atoms with van der Waals surface area (Å²) in [6.07, 6.45) is 4.77. The van der Waals surface area contributed by atoms with E-state index in [0.717, 1.165) is 38.6 Å². The lowest BCUT2D eigenvalue weighted by molar-refractivity contribution is -0.130. The summed E-state index contributed by atoms with van der Waals surface area (Å²) in [5, 5.41) is 8.84. The highest BCUT2D eigenvalue weighted by molar-refractivity contribution is 5.89. The number of amides is 2. The summed E-state index contributed by atoms with van der Waals surface area (Å²) < 4.78 is 0. The van der Waals surface area contributed by atoms with Crippen LogP contribution in [-0.2, 0) is 9.59 Å². The number of carbonyl (C=O) groups excluding carboxylic acids is 2. The van der Waals surface area contributed by atoms with E-state index in [2.05, 4.69) is 21.4 Å². The fraction of sp³-hybridized carbons (Fsp3) is 0.857. The van der Waals surface area contributed by atoms with Gasteiger partial charge in [0.15, 0.2) is 0 Å². The van der Waals surface area contributed by atoms with Crippen molar-refractivity contribution in [1.29, 1.82) is 0 Å². The fourth-order valence-corrected chi connectivity index (χ4v) is 2.19. The lowest BCUT2D eigenvalue weighted by atomic mass is 10.1. The Labute approximate surface area is 133 Å². The first-order valence-electron chi connectivity index (χ1n) is 7.93. The monoisotopic (exact) mass is 316 g/mol. The van der Waals surface area contributed by atoms with E-state index in [1.54, 1.807) is 7.05 Å². The van der Waals surface area contributed by atoms with Crippen LogP contribution in [0.5, 0.6) is 0 Å². The van der Waals surface area contributed by atoms with E-state index in [-0.39, 0.29) is 17.9 Å². The van der Waals surface area contributed by atoms with E-state index in [4.69, 9.17) is 11.6 Å². The van der Waals surface area contributed by atoms with Gasteiger partial charge in [0.25, 0.3) is 5.91 Å². The van der Waals surface area contributed by atoms with Crippen molar-refractivity contribution in [3.05, 3.63) is 0 Å². The lowest BCUT2D eigenvalue weighted by Gasteiger charge is -2.21. The second kappa shape index (κ2) is 13.4. The van der Waals surface area contributed by atoms with Crippen molar-refractivity contribution in [1.82, 2.24) is 21.4 Å². The Morgan fingerprint density at radius 3 is 2.14 bits per heavy atom. The average molecular weight is 316 g/mol. The van der Waals surface area contributed by atoms with Crippen LogP contribution in [0.2, 0.25) is 0 Å². The van der Waals surface area contributed by atoms with E-state index in [1.807, 2.05) is 7.05 Å². The van der Waals surface area contributed by atoms with Crippen LogP contribution in [0.1, 0.15) is 38.5 Å². The number of hydrogen-bond acceptors (Lipinski definition) is 6. The van der Waals surface area contributed by atoms with Crippen LogP contribution < -0.4 is 33.0 Å².